The number of hydrogen-bond donors (Lipinski definition) is 1. The molecule has 0 atom stereocenters. The van der Waals surface area contributed by atoms with Gasteiger partial charge in [0.05, 0.1) is 5.02 Å². The average molecular weight is 334 g/mol. The number of hydrogen-bond acceptors (Lipinski definition) is 5. The van der Waals surface area contributed by atoms with E-state index in [1.165, 1.54) is 0 Å². The van der Waals surface area contributed by atoms with Gasteiger partial charge in [0.1, 0.15) is 5.02 Å². The molecule has 106 valence electrons. The van der Waals surface area contributed by atoms with E-state index in [4.69, 9.17) is 39.5 Å². The van der Waals surface area contributed by atoms with Gasteiger partial charge in [-0.15, -0.1) is 0 Å². The van der Waals surface area contributed by atoms with Crippen molar-refractivity contribution in [3.63, 3.8) is 0 Å². The highest BCUT2D eigenvalue weighted by Crippen LogP contribution is 2.33. The number of benzene rings is 1. The zero-order chi connectivity index (χ0) is 14.5. The molecule has 2 aromatic rings. The Balaban J connectivity index is 2.24. The molecular formula is C12H11Cl3N4O. The zero-order valence-corrected chi connectivity index (χ0v) is 12.8. The third-order valence-corrected chi connectivity index (χ3v) is 3.21. The van der Waals surface area contributed by atoms with E-state index in [2.05, 4.69) is 20.3 Å². The van der Waals surface area contributed by atoms with Crippen molar-refractivity contribution in [3.05, 3.63) is 33.5 Å². The molecule has 0 aliphatic rings. The van der Waals surface area contributed by atoms with Gasteiger partial charge in [-0.3, -0.25) is 0 Å². The molecular weight excluding hydrogens is 323 g/mol. The van der Waals surface area contributed by atoms with Crippen LogP contribution in [0.3, 0.4) is 0 Å². The van der Waals surface area contributed by atoms with E-state index in [0.29, 0.717) is 16.7 Å². The topological polar surface area (TPSA) is 59.9 Å². The SMILES string of the molecule is CCCNc1nc(Cl)nc(Oc2cccc(Cl)c2Cl)n1. The summed E-state index contributed by atoms with van der Waals surface area (Å²) in [6.45, 7) is 2.75. The molecule has 1 N–H and O–H groups in total. The van der Waals surface area contributed by atoms with Gasteiger partial charge in [0, 0.05) is 6.54 Å². The summed E-state index contributed by atoms with van der Waals surface area (Å²) < 4.78 is 5.49. The van der Waals surface area contributed by atoms with Gasteiger partial charge >= 0.3 is 6.01 Å². The highest BCUT2D eigenvalue weighted by molar-refractivity contribution is 6.42. The molecule has 1 aromatic heterocycles. The van der Waals surface area contributed by atoms with Gasteiger partial charge in [-0.05, 0) is 30.2 Å². The molecule has 0 unspecified atom stereocenters. The molecule has 0 fully saturated rings. The van der Waals surface area contributed by atoms with Crippen LogP contribution in [0.1, 0.15) is 13.3 Å². The Bertz CT molecular complexity index is 609. The Labute approximate surface area is 131 Å². The fourth-order valence-electron chi connectivity index (χ4n) is 1.35. The highest BCUT2D eigenvalue weighted by atomic mass is 35.5. The summed E-state index contributed by atoms with van der Waals surface area (Å²) in [7, 11) is 0. The lowest BCUT2D eigenvalue weighted by molar-refractivity contribution is 0.440. The van der Waals surface area contributed by atoms with Gasteiger partial charge in [0.2, 0.25) is 11.2 Å². The predicted octanol–water partition coefficient (Wildman–Crippen LogP) is 4.45. The van der Waals surface area contributed by atoms with Crippen LogP contribution in [-0.4, -0.2) is 21.5 Å². The third-order valence-electron chi connectivity index (χ3n) is 2.24. The van der Waals surface area contributed by atoms with Crippen LogP contribution in [0.15, 0.2) is 18.2 Å². The maximum atomic E-state index is 6.03. The van der Waals surface area contributed by atoms with Crippen molar-refractivity contribution in [1.29, 1.82) is 0 Å². The van der Waals surface area contributed by atoms with Crippen LogP contribution in [0.2, 0.25) is 15.3 Å². The number of anilines is 1. The highest BCUT2D eigenvalue weighted by Gasteiger charge is 2.11. The van der Waals surface area contributed by atoms with E-state index >= 15 is 0 Å². The molecule has 0 aliphatic heterocycles. The van der Waals surface area contributed by atoms with E-state index in [1.807, 2.05) is 6.92 Å². The summed E-state index contributed by atoms with van der Waals surface area (Å²) in [5.41, 5.74) is 0. The summed E-state index contributed by atoms with van der Waals surface area (Å²) in [5.74, 6) is 0.697. The zero-order valence-electron chi connectivity index (χ0n) is 10.5. The maximum absolute atomic E-state index is 6.03. The predicted molar refractivity (Wildman–Crippen MR) is 80.2 cm³/mol. The summed E-state index contributed by atoms with van der Waals surface area (Å²) in [6, 6.07) is 5.08. The number of halogens is 3. The molecule has 0 bridgehead atoms. The monoisotopic (exact) mass is 332 g/mol. The lowest BCUT2D eigenvalue weighted by Gasteiger charge is -2.08. The standard InChI is InChI=1S/C12H11Cl3N4O/c1-2-6-16-11-17-10(15)18-12(19-11)20-8-5-3-4-7(13)9(8)14/h3-5H,2,6H2,1H3,(H,16,17,18,19). The van der Waals surface area contributed by atoms with Crippen LogP contribution in [0.25, 0.3) is 0 Å². The molecule has 8 heteroatoms. The molecule has 0 saturated carbocycles. The second-order valence-electron chi connectivity index (χ2n) is 3.79. The van der Waals surface area contributed by atoms with E-state index < -0.39 is 0 Å². The van der Waals surface area contributed by atoms with Crippen LogP contribution < -0.4 is 10.1 Å². The first-order valence-corrected chi connectivity index (χ1v) is 7.01. The van der Waals surface area contributed by atoms with Gasteiger partial charge in [-0.2, -0.15) is 15.0 Å². The number of aromatic nitrogens is 3. The normalized spacial score (nSPS) is 10.4. The first-order chi connectivity index (χ1) is 9.60. The lowest BCUT2D eigenvalue weighted by atomic mass is 10.3. The van der Waals surface area contributed by atoms with Crippen LogP contribution in [0.5, 0.6) is 11.8 Å². The van der Waals surface area contributed by atoms with Crippen molar-refractivity contribution in [2.45, 2.75) is 13.3 Å². The summed E-state index contributed by atoms with van der Waals surface area (Å²) in [6.07, 6.45) is 0.930. The number of ether oxygens (including phenoxy) is 1. The number of nitrogens with zero attached hydrogens (tertiary/aromatic N) is 3. The van der Waals surface area contributed by atoms with E-state index in [-0.39, 0.29) is 16.3 Å². The Kier molecular flexibility index (Phi) is 5.23. The third kappa shape index (κ3) is 3.85. The molecule has 0 radical (unpaired) electrons. The fourth-order valence-corrected chi connectivity index (χ4v) is 1.84. The maximum Gasteiger partial charge on any atom is 0.328 e. The smallest absolute Gasteiger partial charge is 0.328 e. The second-order valence-corrected chi connectivity index (χ2v) is 4.91. The Morgan fingerprint density at radius 1 is 1.15 bits per heavy atom. The molecule has 0 amide bonds. The van der Waals surface area contributed by atoms with Crippen molar-refractivity contribution in [2.24, 2.45) is 0 Å². The van der Waals surface area contributed by atoms with Crippen molar-refractivity contribution in [1.82, 2.24) is 15.0 Å². The van der Waals surface area contributed by atoms with Crippen molar-refractivity contribution in [3.8, 4) is 11.8 Å². The Hall–Kier alpha value is -1.30. The van der Waals surface area contributed by atoms with Gasteiger partial charge < -0.3 is 10.1 Å². The second kappa shape index (κ2) is 6.92. The minimum absolute atomic E-state index is 0.0340. The van der Waals surface area contributed by atoms with Crippen LogP contribution in [0, 0.1) is 0 Å². The Morgan fingerprint density at radius 2 is 1.95 bits per heavy atom. The lowest BCUT2D eigenvalue weighted by Crippen LogP contribution is -2.06. The summed E-state index contributed by atoms with van der Waals surface area (Å²) >= 11 is 17.8. The van der Waals surface area contributed by atoms with Gasteiger partial charge in [0.25, 0.3) is 0 Å². The van der Waals surface area contributed by atoms with Crippen LogP contribution in [0.4, 0.5) is 5.95 Å². The molecule has 0 aliphatic carbocycles. The average Bonchev–Trinajstić information content (AvgIpc) is 2.41. The largest absolute Gasteiger partial charge is 0.422 e. The summed E-state index contributed by atoms with van der Waals surface area (Å²) in [4.78, 5) is 11.9. The van der Waals surface area contributed by atoms with Crippen molar-refractivity contribution in [2.75, 3.05) is 11.9 Å². The minimum atomic E-state index is 0.0340. The number of rotatable bonds is 5. The van der Waals surface area contributed by atoms with Crippen LogP contribution in [-0.2, 0) is 0 Å². The first-order valence-electron chi connectivity index (χ1n) is 5.87. The van der Waals surface area contributed by atoms with E-state index in [1.54, 1.807) is 18.2 Å². The minimum Gasteiger partial charge on any atom is -0.422 e. The number of nitrogens with one attached hydrogen (secondary N) is 1. The van der Waals surface area contributed by atoms with Crippen molar-refractivity contribution >= 4 is 40.8 Å². The fraction of sp³-hybridized carbons (Fsp3) is 0.250. The summed E-state index contributed by atoms with van der Waals surface area (Å²) in [5, 5.41) is 3.70. The van der Waals surface area contributed by atoms with Gasteiger partial charge in [-0.25, -0.2) is 0 Å². The quantitative estimate of drug-likeness (QED) is 0.876. The first kappa shape index (κ1) is 15.1. The van der Waals surface area contributed by atoms with Crippen molar-refractivity contribution < 1.29 is 4.74 Å². The molecule has 20 heavy (non-hydrogen) atoms. The van der Waals surface area contributed by atoms with E-state index in [9.17, 15) is 0 Å². The van der Waals surface area contributed by atoms with Crippen LogP contribution >= 0.6 is 34.8 Å². The molecule has 0 saturated heterocycles. The molecule has 0 spiro atoms. The van der Waals surface area contributed by atoms with Gasteiger partial charge in [0.15, 0.2) is 5.75 Å². The van der Waals surface area contributed by atoms with E-state index in [0.717, 1.165) is 13.0 Å². The molecule has 1 aromatic carbocycles. The van der Waals surface area contributed by atoms with Gasteiger partial charge in [-0.1, -0.05) is 36.2 Å². The molecule has 2 rings (SSSR count). The Morgan fingerprint density at radius 3 is 2.70 bits per heavy atom. The molecule has 1 heterocycles. The molecule has 5 nitrogen and oxygen atoms in total.